The van der Waals surface area contributed by atoms with E-state index in [4.69, 9.17) is 9.47 Å². The van der Waals surface area contributed by atoms with Crippen LogP contribution in [0.4, 0.5) is 0 Å². The number of hydrogen-bond donors (Lipinski definition) is 1. The first kappa shape index (κ1) is 17.9. The third kappa shape index (κ3) is 8.56. The molecule has 0 heterocycles. The molecule has 0 aromatic heterocycles. The van der Waals surface area contributed by atoms with Crippen LogP contribution in [0, 0.1) is 0 Å². The van der Waals surface area contributed by atoms with E-state index in [0.717, 1.165) is 0 Å². The fourth-order valence-corrected chi connectivity index (χ4v) is 1.66. The molecule has 0 saturated carbocycles. The zero-order valence-corrected chi connectivity index (χ0v) is 12.4. The van der Waals surface area contributed by atoms with E-state index in [1.54, 1.807) is 21.0 Å². The van der Waals surface area contributed by atoms with Crippen molar-refractivity contribution in [2.45, 2.75) is 45.3 Å². The predicted molar refractivity (Wildman–Crippen MR) is 70.8 cm³/mol. The lowest BCUT2D eigenvalue weighted by atomic mass is 9.99. The molecule has 0 rings (SSSR count). The molecule has 6 nitrogen and oxygen atoms in total. The molecule has 0 amide bonds. The number of methoxy groups -OCH3 is 2. The van der Waals surface area contributed by atoms with E-state index in [-0.39, 0.29) is 30.9 Å². The van der Waals surface area contributed by atoms with E-state index in [2.05, 4.69) is 10.1 Å². The SMILES string of the molecule is COCC(C)(CC(=O)OC)NCCC(=O)OC(C)C. The molecule has 0 bridgehead atoms. The van der Waals surface area contributed by atoms with Crippen LogP contribution < -0.4 is 5.32 Å². The van der Waals surface area contributed by atoms with Gasteiger partial charge in [-0.05, 0) is 20.8 Å². The second-order valence-corrected chi connectivity index (χ2v) is 4.96. The first-order valence-electron chi connectivity index (χ1n) is 6.33. The van der Waals surface area contributed by atoms with Crippen molar-refractivity contribution in [3.05, 3.63) is 0 Å². The van der Waals surface area contributed by atoms with Crippen LogP contribution in [0.2, 0.25) is 0 Å². The molecule has 6 heteroatoms. The zero-order chi connectivity index (χ0) is 14.9. The van der Waals surface area contributed by atoms with Crippen molar-refractivity contribution in [2.24, 2.45) is 0 Å². The highest BCUT2D eigenvalue weighted by Gasteiger charge is 2.27. The number of carbonyl (C=O) groups excluding carboxylic acids is 2. The minimum atomic E-state index is -0.556. The molecule has 1 N–H and O–H groups in total. The number of carbonyl (C=O) groups is 2. The lowest BCUT2D eigenvalue weighted by Gasteiger charge is -2.29. The van der Waals surface area contributed by atoms with E-state index in [9.17, 15) is 9.59 Å². The number of hydrogen-bond acceptors (Lipinski definition) is 6. The fourth-order valence-electron chi connectivity index (χ4n) is 1.66. The predicted octanol–water partition coefficient (Wildman–Crippen LogP) is 0.886. The Balaban J connectivity index is 4.20. The van der Waals surface area contributed by atoms with Crippen molar-refractivity contribution in [1.82, 2.24) is 5.32 Å². The number of nitrogens with one attached hydrogen (secondary N) is 1. The normalized spacial score (nSPS) is 14.0. The number of esters is 2. The minimum Gasteiger partial charge on any atom is -0.469 e. The van der Waals surface area contributed by atoms with E-state index in [0.29, 0.717) is 13.2 Å². The van der Waals surface area contributed by atoms with Crippen LogP contribution in [-0.2, 0) is 23.8 Å². The molecule has 0 aliphatic rings. The second kappa shape index (κ2) is 8.87. The van der Waals surface area contributed by atoms with Gasteiger partial charge in [0.15, 0.2) is 0 Å². The highest BCUT2D eigenvalue weighted by molar-refractivity contribution is 5.71. The van der Waals surface area contributed by atoms with Crippen molar-refractivity contribution in [1.29, 1.82) is 0 Å². The fraction of sp³-hybridized carbons (Fsp3) is 0.846. The van der Waals surface area contributed by atoms with Crippen molar-refractivity contribution in [2.75, 3.05) is 27.4 Å². The maximum Gasteiger partial charge on any atom is 0.307 e. The molecule has 0 saturated heterocycles. The molecule has 0 aromatic carbocycles. The Morgan fingerprint density at radius 2 is 1.84 bits per heavy atom. The van der Waals surface area contributed by atoms with Crippen LogP contribution in [-0.4, -0.2) is 51.0 Å². The maximum absolute atomic E-state index is 11.4. The van der Waals surface area contributed by atoms with Gasteiger partial charge in [-0.3, -0.25) is 9.59 Å². The van der Waals surface area contributed by atoms with Gasteiger partial charge in [0.1, 0.15) is 0 Å². The van der Waals surface area contributed by atoms with Crippen molar-refractivity contribution in [3.63, 3.8) is 0 Å². The van der Waals surface area contributed by atoms with Gasteiger partial charge in [0.25, 0.3) is 0 Å². The molecule has 1 atom stereocenters. The average molecular weight is 275 g/mol. The van der Waals surface area contributed by atoms with Crippen molar-refractivity contribution in [3.8, 4) is 0 Å². The Morgan fingerprint density at radius 3 is 2.32 bits per heavy atom. The van der Waals surface area contributed by atoms with Gasteiger partial charge in [0.2, 0.25) is 0 Å². The van der Waals surface area contributed by atoms with Crippen LogP contribution in [0.15, 0.2) is 0 Å². The molecule has 112 valence electrons. The molecule has 19 heavy (non-hydrogen) atoms. The van der Waals surface area contributed by atoms with Gasteiger partial charge in [-0.2, -0.15) is 0 Å². The van der Waals surface area contributed by atoms with Gasteiger partial charge >= 0.3 is 11.9 Å². The highest BCUT2D eigenvalue weighted by atomic mass is 16.5. The van der Waals surface area contributed by atoms with E-state index >= 15 is 0 Å². The molecular weight excluding hydrogens is 250 g/mol. The minimum absolute atomic E-state index is 0.118. The molecule has 0 fully saturated rings. The zero-order valence-electron chi connectivity index (χ0n) is 12.4. The molecule has 1 unspecified atom stereocenters. The quantitative estimate of drug-likeness (QED) is 0.630. The van der Waals surface area contributed by atoms with Gasteiger partial charge in [-0.1, -0.05) is 0 Å². The van der Waals surface area contributed by atoms with E-state index < -0.39 is 5.54 Å². The maximum atomic E-state index is 11.4. The molecule has 0 aliphatic heterocycles. The standard InChI is InChI=1S/C13H25NO5/c1-10(2)19-11(15)6-7-14-13(3,9-17-4)8-12(16)18-5/h10,14H,6-9H2,1-5H3. The summed E-state index contributed by atoms with van der Waals surface area (Å²) in [5.74, 6) is -0.586. The monoisotopic (exact) mass is 275 g/mol. The lowest BCUT2D eigenvalue weighted by molar-refractivity contribution is -0.147. The van der Waals surface area contributed by atoms with Gasteiger partial charge in [0, 0.05) is 19.2 Å². The molecular formula is C13H25NO5. The largest absolute Gasteiger partial charge is 0.469 e. The number of rotatable bonds is 9. The summed E-state index contributed by atoms with van der Waals surface area (Å²) < 4.78 is 14.8. The van der Waals surface area contributed by atoms with Gasteiger partial charge in [-0.15, -0.1) is 0 Å². The Morgan fingerprint density at radius 1 is 1.21 bits per heavy atom. The number of ether oxygens (including phenoxy) is 3. The molecule has 0 aliphatic carbocycles. The average Bonchev–Trinajstić information content (AvgIpc) is 2.27. The lowest BCUT2D eigenvalue weighted by Crippen LogP contribution is -2.48. The highest BCUT2D eigenvalue weighted by Crippen LogP contribution is 2.11. The van der Waals surface area contributed by atoms with Crippen LogP contribution >= 0.6 is 0 Å². The van der Waals surface area contributed by atoms with Crippen LogP contribution in [0.1, 0.15) is 33.6 Å². The van der Waals surface area contributed by atoms with Gasteiger partial charge in [-0.25, -0.2) is 0 Å². The summed E-state index contributed by atoms with van der Waals surface area (Å²) in [5, 5.41) is 3.14. The molecule has 0 aromatic rings. The van der Waals surface area contributed by atoms with Gasteiger partial charge in [0.05, 0.1) is 32.7 Å². The Bertz CT molecular complexity index is 293. The summed E-state index contributed by atoms with van der Waals surface area (Å²) in [6.45, 7) is 6.22. The van der Waals surface area contributed by atoms with Crippen molar-refractivity contribution >= 4 is 11.9 Å². The topological polar surface area (TPSA) is 73.9 Å². The van der Waals surface area contributed by atoms with Crippen LogP contribution in [0.25, 0.3) is 0 Å². The first-order valence-corrected chi connectivity index (χ1v) is 6.33. The molecule has 0 spiro atoms. The summed E-state index contributed by atoms with van der Waals surface area (Å²) in [6.07, 6.45) is 0.308. The van der Waals surface area contributed by atoms with Crippen LogP contribution in [0.3, 0.4) is 0 Å². The van der Waals surface area contributed by atoms with E-state index in [1.807, 2.05) is 6.92 Å². The van der Waals surface area contributed by atoms with E-state index in [1.165, 1.54) is 7.11 Å². The van der Waals surface area contributed by atoms with Crippen LogP contribution in [0.5, 0.6) is 0 Å². The Hall–Kier alpha value is -1.14. The second-order valence-electron chi connectivity index (χ2n) is 4.96. The summed E-state index contributed by atoms with van der Waals surface area (Å²) in [5.41, 5.74) is -0.556. The summed E-state index contributed by atoms with van der Waals surface area (Å²) in [7, 11) is 2.90. The van der Waals surface area contributed by atoms with Crippen molar-refractivity contribution < 1.29 is 23.8 Å². The first-order chi connectivity index (χ1) is 8.83. The molecule has 0 radical (unpaired) electrons. The Kier molecular flexibility index (Phi) is 8.34. The summed E-state index contributed by atoms with van der Waals surface area (Å²) >= 11 is 0. The smallest absolute Gasteiger partial charge is 0.307 e. The third-order valence-electron chi connectivity index (χ3n) is 2.47. The Labute approximate surface area is 114 Å². The summed E-state index contributed by atoms with van der Waals surface area (Å²) in [4.78, 5) is 22.7. The third-order valence-corrected chi connectivity index (χ3v) is 2.47. The summed E-state index contributed by atoms with van der Waals surface area (Å²) in [6, 6.07) is 0. The van der Waals surface area contributed by atoms with Gasteiger partial charge < -0.3 is 19.5 Å².